The Morgan fingerprint density at radius 1 is 1.50 bits per heavy atom. The molecule has 1 rings (SSSR count). The highest BCUT2D eigenvalue weighted by atomic mass is 32.1. The van der Waals surface area contributed by atoms with Gasteiger partial charge in [0.25, 0.3) is 0 Å². The molecule has 20 heavy (non-hydrogen) atoms. The Morgan fingerprint density at radius 3 is 2.75 bits per heavy atom. The van der Waals surface area contributed by atoms with Crippen LogP contribution >= 0.6 is 11.3 Å². The van der Waals surface area contributed by atoms with Gasteiger partial charge in [-0.05, 0) is 27.2 Å². The van der Waals surface area contributed by atoms with E-state index in [1.54, 1.807) is 23.8 Å². The van der Waals surface area contributed by atoms with Gasteiger partial charge in [-0.1, -0.05) is 11.3 Å². The second kappa shape index (κ2) is 7.84. The van der Waals surface area contributed by atoms with E-state index in [9.17, 15) is 14.4 Å². The summed E-state index contributed by atoms with van der Waals surface area (Å²) in [7, 11) is 0. The number of carbonyl (C=O) groups is 2. The van der Waals surface area contributed by atoms with Crippen molar-refractivity contribution >= 4 is 23.2 Å². The first kappa shape index (κ1) is 16.4. The Labute approximate surface area is 121 Å². The highest BCUT2D eigenvalue weighted by Gasteiger charge is 2.16. The van der Waals surface area contributed by atoms with Gasteiger partial charge in [0.05, 0.1) is 6.61 Å². The van der Waals surface area contributed by atoms with Gasteiger partial charge < -0.3 is 14.6 Å². The van der Waals surface area contributed by atoms with E-state index in [0.29, 0.717) is 19.6 Å². The number of nitrogens with zero attached hydrogens (tertiary/aromatic N) is 1. The lowest BCUT2D eigenvalue weighted by atomic mass is 10.2. The van der Waals surface area contributed by atoms with Crippen LogP contribution in [0.2, 0.25) is 0 Å². The monoisotopic (exact) mass is 300 g/mol. The van der Waals surface area contributed by atoms with E-state index >= 15 is 0 Å². The van der Waals surface area contributed by atoms with Crippen molar-refractivity contribution in [1.29, 1.82) is 0 Å². The largest absolute Gasteiger partial charge is 0.464 e. The van der Waals surface area contributed by atoms with Gasteiger partial charge in [-0.2, -0.15) is 0 Å². The van der Waals surface area contributed by atoms with Crippen molar-refractivity contribution in [2.24, 2.45) is 0 Å². The molecule has 0 aliphatic heterocycles. The summed E-state index contributed by atoms with van der Waals surface area (Å²) in [4.78, 5) is 34.5. The van der Waals surface area contributed by atoms with Gasteiger partial charge in [0, 0.05) is 24.0 Å². The third kappa shape index (κ3) is 4.80. The van der Waals surface area contributed by atoms with Crippen LogP contribution in [0.1, 0.15) is 32.4 Å². The smallest absolute Gasteiger partial charge is 0.328 e. The molecular weight excluding hydrogens is 280 g/mol. The summed E-state index contributed by atoms with van der Waals surface area (Å²) in [6.07, 6.45) is 0.824. The number of aromatic nitrogens is 1. The Morgan fingerprint density at radius 2 is 2.20 bits per heavy atom. The molecule has 0 fully saturated rings. The predicted molar refractivity (Wildman–Crippen MR) is 76.8 cm³/mol. The van der Waals surface area contributed by atoms with Crippen LogP contribution in [0.25, 0.3) is 0 Å². The van der Waals surface area contributed by atoms with Crippen LogP contribution in [0, 0.1) is 6.92 Å². The van der Waals surface area contributed by atoms with Gasteiger partial charge in [-0.15, -0.1) is 0 Å². The highest BCUT2D eigenvalue weighted by Crippen LogP contribution is 2.02. The first-order valence-electron chi connectivity index (χ1n) is 6.56. The Bertz CT molecular complexity index is 521. The lowest BCUT2D eigenvalue weighted by molar-refractivity contribution is -0.146. The van der Waals surface area contributed by atoms with E-state index in [0.717, 1.165) is 17.0 Å². The quantitative estimate of drug-likeness (QED) is 0.764. The van der Waals surface area contributed by atoms with Gasteiger partial charge in [-0.3, -0.25) is 9.59 Å². The molecule has 1 aromatic rings. The van der Waals surface area contributed by atoms with E-state index in [-0.39, 0.29) is 17.2 Å². The van der Waals surface area contributed by atoms with Gasteiger partial charge in [0.15, 0.2) is 0 Å². The number of nitrogens with one attached hydrogen (secondary N) is 1. The number of hydrogen-bond donors (Lipinski definition) is 1. The molecule has 0 bridgehead atoms. The molecule has 1 aromatic heterocycles. The summed E-state index contributed by atoms with van der Waals surface area (Å²) in [6.45, 7) is 5.96. The van der Waals surface area contributed by atoms with Crippen LogP contribution < -0.4 is 10.2 Å². The minimum absolute atomic E-state index is 0.0113. The van der Waals surface area contributed by atoms with Crippen LogP contribution in [0.5, 0.6) is 0 Å². The first-order valence-corrected chi connectivity index (χ1v) is 7.44. The zero-order chi connectivity index (χ0) is 15.1. The zero-order valence-electron chi connectivity index (χ0n) is 12.0. The number of hydrogen-bond acceptors (Lipinski definition) is 5. The Balaban J connectivity index is 2.34. The van der Waals surface area contributed by atoms with Crippen LogP contribution in [0.4, 0.5) is 0 Å². The summed E-state index contributed by atoms with van der Waals surface area (Å²) in [5.41, 5.74) is 0.903. The minimum atomic E-state index is -0.645. The van der Waals surface area contributed by atoms with E-state index < -0.39 is 12.0 Å². The van der Waals surface area contributed by atoms with Crippen LogP contribution in [0.3, 0.4) is 0 Å². The Kier molecular flexibility index (Phi) is 6.44. The Hall–Kier alpha value is -1.63. The van der Waals surface area contributed by atoms with Crippen molar-refractivity contribution < 1.29 is 14.3 Å². The molecule has 0 spiro atoms. The fourth-order valence-corrected chi connectivity index (χ4v) is 2.47. The molecule has 112 valence electrons. The molecule has 0 saturated heterocycles. The maximum absolute atomic E-state index is 11.7. The molecule has 7 heteroatoms. The lowest BCUT2D eigenvalue weighted by Gasteiger charge is -2.12. The number of carbonyl (C=O) groups excluding carboxylic acids is 2. The molecule has 0 aliphatic rings. The van der Waals surface area contributed by atoms with Crippen molar-refractivity contribution in [3.05, 3.63) is 20.7 Å². The van der Waals surface area contributed by atoms with Crippen LogP contribution in [-0.2, 0) is 20.9 Å². The third-order valence-corrected chi connectivity index (χ3v) is 3.66. The molecule has 1 atom stereocenters. The number of aryl methyl sites for hydroxylation is 1. The molecule has 1 heterocycles. The second-order valence-corrected chi connectivity index (χ2v) is 5.26. The molecule has 6 nitrogen and oxygen atoms in total. The average Bonchev–Trinajstić information content (AvgIpc) is 2.70. The molecule has 1 N–H and O–H groups in total. The lowest BCUT2D eigenvalue weighted by Crippen LogP contribution is -2.39. The van der Waals surface area contributed by atoms with Crippen molar-refractivity contribution in [3.8, 4) is 0 Å². The molecule has 1 amide bonds. The van der Waals surface area contributed by atoms with Gasteiger partial charge in [-0.25, -0.2) is 4.79 Å². The molecule has 0 aromatic carbocycles. The van der Waals surface area contributed by atoms with E-state index in [1.165, 1.54) is 0 Å². The number of amides is 1. The van der Waals surface area contributed by atoms with Gasteiger partial charge in [0.2, 0.25) is 5.91 Å². The van der Waals surface area contributed by atoms with Crippen molar-refractivity contribution in [1.82, 2.24) is 9.88 Å². The van der Waals surface area contributed by atoms with Crippen LogP contribution in [0.15, 0.2) is 10.2 Å². The maximum atomic E-state index is 11.7. The van der Waals surface area contributed by atoms with Crippen molar-refractivity contribution in [3.63, 3.8) is 0 Å². The third-order valence-electron chi connectivity index (χ3n) is 2.78. The zero-order valence-corrected chi connectivity index (χ0v) is 12.8. The number of ether oxygens (including phenoxy) is 1. The normalized spacial score (nSPS) is 11.9. The van der Waals surface area contributed by atoms with Gasteiger partial charge in [0.1, 0.15) is 6.04 Å². The number of rotatable bonds is 7. The summed E-state index contributed by atoms with van der Waals surface area (Å²) >= 11 is 1.16. The molecular formula is C13H20N2O4S. The van der Waals surface area contributed by atoms with E-state index in [1.807, 2.05) is 6.92 Å². The minimum Gasteiger partial charge on any atom is -0.464 e. The van der Waals surface area contributed by atoms with E-state index in [4.69, 9.17) is 4.74 Å². The first-order chi connectivity index (χ1) is 9.45. The summed E-state index contributed by atoms with van der Waals surface area (Å²) < 4.78 is 6.45. The fourth-order valence-electron chi connectivity index (χ4n) is 1.71. The average molecular weight is 300 g/mol. The molecule has 0 saturated carbocycles. The summed E-state index contributed by atoms with van der Waals surface area (Å²) in [5.74, 6) is -0.655. The summed E-state index contributed by atoms with van der Waals surface area (Å²) in [6, 6.07) is -0.645. The topological polar surface area (TPSA) is 77.4 Å². The predicted octanol–water partition coefficient (Wildman–Crippen LogP) is 1.07. The molecule has 1 unspecified atom stereocenters. The van der Waals surface area contributed by atoms with Crippen molar-refractivity contribution in [2.75, 3.05) is 6.61 Å². The van der Waals surface area contributed by atoms with Gasteiger partial charge >= 0.3 is 10.8 Å². The van der Waals surface area contributed by atoms with Crippen molar-refractivity contribution in [2.45, 2.75) is 46.2 Å². The second-order valence-electron chi connectivity index (χ2n) is 4.44. The standard InChI is InChI=1S/C13H20N2O4S/c1-4-19-12(17)10(3)14-11(16)6-5-7-15-9(2)8-20-13(15)18/h8,10H,4-7H2,1-3H3,(H,14,16). The molecule has 0 aliphatic carbocycles. The SMILES string of the molecule is CCOC(=O)C(C)NC(=O)CCCn1c(C)csc1=O. The maximum Gasteiger partial charge on any atom is 0.328 e. The van der Waals surface area contributed by atoms with E-state index in [2.05, 4.69) is 5.32 Å². The summed E-state index contributed by atoms with van der Waals surface area (Å²) in [5, 5.41) is 4.37. The number of thiazole rings is 1. The fraction of sp³-hybridized carbons (Fsp3) is 0.615. The molecule has 0 radical (unpaired) electrons. The van der Waals surface area contributed by atoms with Crippen LogP contribution in [-0.4, -0.2) is 29.1 Å². The number of esters is 1. The highest BCUT2D eigenvalue weighted by molar-refractivity contribution is 7.07.